The third-order valence-electron chi connectivity index (χ3n) is 5.86. The van der Waals surface area contributed by atoms with Crippen LogP contribution in [-0.4, -0.2) is 99.6 Å². The van der Waals surface area contributed by atoms with Gasteiger partial charge in [-0.25, -0.2) is 13.6 Å². The Morgan fingerprint density at radius 1 is 0.879 bits per heavy atom. The molecule has 9 nitrogen and oxygen atoms in total. The van der Waals surface area contributed by atoms with E-state index in [9.17, 15) is 22.4 Å². The number of ether oxygens (including phenoxy) is 7. The minimum absolute atomic E-state index is 0.0272. The molecule has 2 atom stereocenters. The second-order valence-corrected chi connectivity index (χ2v) is 8.10. The van der Waals surface area contributed by atoms with Gasteiger partial charge in [0, 0.05) is 25.7 Å². The Morgan fingerprint density at radius 2 is 1.33 bits per heavy atom. The van der Waals surface area contributed by atoms with Crippen LogP contribution in [0.5, 0.6) is 0 Å². The number of hydrogen-bond donors (Lipinski definition) is 1. The fourth-order valence-corrected chi connectivity index (χ4v) is 4.08. The summed E-state index contributed by atoms with van der Waals surface area (Å²) in [6.45, 7) is 2.00. The zero-order chi connectivity index (χ0) is 24.2. The fraction of sp³-hybridized carbons (Fsp3) is 0.950. The predicted molar refractivity (Wildman–Crippen MR) is 101 cm³/mol. The quantitative estimate of drug-likeness (QED) is 0.455. The molecule has 13 heteroatoms. The van der Waals surface area contributed by atoms with E-state index in [0.29, 0.717) is 39.3 Å². The molecule has 4 fully saturated rings. The van der Waals surface area contributed by atoms with Crippen LogP contribution in [0.25, 0.3) is 0 Å². The summed E-state index contributed by atoms with van der Waals surface area (Å²) in [5.41, 5.74) is 0. The summed E-state index contributed by atoms with van der Waals surface area (Å²) in [6.07, 6.45) is -2.23. The number of hydrogen-bond acceptors (Lipinski definition) is 9. The highest BCUT2D eigenvalue weighted by molar-refractivity contribution is 5.78. The van der Waals surface area contributed by atoms with Crippen molar-refractivity contribution in [2.45, 2.75) is 68.2 Å². The lowest BCUT2D eigenvalue weighted by Gasteiger charge is -2.38. The maximum Gasteiger partial charge on any atom is 0.379 e. The zero-order valence-corrected chi connectivity index (χ0v) is 18.4. The van der Waals surface area contributed by atoms with Crippen LogP contribution in [-0.2, 0) is 38.0 Å². The van der Waals surface area contributed by atoms with Gasteiger partial charge in [-0.05, 0) is 6.92 Å². The third kappa shape index (κ3) is 6.13. The molecule has 0 bridgehead atoms. The van der Waals surface area contributed by atoms with Gasteiger partial charge in [0.2, 0.25) is 0 Å². The number of carbonyl (C=O) groups is 1. The molecule has 2 unspecified atom stereocenters. The van der Waals surface area contributed by atoms with Gasteiger partial charge in [-0.3, -0.25) is 0 Å². The van der Waals surface area contributed by atoms with E-state index in [1.165, 1.54) is 6.92 Å². The van der Waals surface area contributed by atoms with Crippen molar-refractivity contribution in [3.8, 4) is 0 Å². The lowest BCUT2D eigenvalue weighted by Crippen LogP contribution is -2.52. The molecule has 4 aliphatic rings. The number of esters is 1. The molecule has 2 spiro atoms. The molecular weight excluding hydrogens is 460 g/mol. The molecular formula is C20H30F4O9. The van der Waals surface area contributed by atoms with Crippen LogP contribution in [0.3, 0.4) is 0 Å². The zero-order valence-electron chi connectivity index (χ0n) is 18.4. The maximum atomic E-state index is 13.8. The summed E-state index contributed by atoms with van der Waals surface area (Å²) in [4.78, 5) is 11.2. The van der Waals surface area contributed by atoms with Crippen LogP contribution in [0.15, 0.2) is 0 Å². The van der Waals surface area contributed by atoms with E-state index in [2.05, 4.69) is 4.74 Å². The van der Waals surface area contributed by atoms with Crippen LogP contribution in [0.2, 0.25) is 0 Å². The van der Waals surface area contributed by atoms with Crippen LogP contribution >= 0.6 is 0 Å². The van der Waals surface area contributed by atoms with Crippen molar-refractivity contribution in [2.75, 3.05) is 52.9 Å². The number of halogens is 4. The summed E-state index contributed by atoms with van der Waals surface area (Å²) in [6, 6.07) is 0. The van der Waals surface area contributed by atoms with Gasteiger partial charge >= 0.3 is 11.9 Å². The Labute approximate surface area is 188 Å². The van der Waals surface area contributed by atoms with Gasteiger partial charge in [0.05, 0.1) is 46.2 Å². The molecule has 0 aromatic heterocycles. The van der Waals surface area contributed by atoms with Crippen molar-refractivity contribution >= 4 is 5.97 Å². The first-order chi connectivity index (χ1) is 15.6. The Morgan fingerprint density at radius 3 is 1.79 bits per heavy atom. The Hall–Kier alpha value is -1.09. The van der Waals surface area contributed by atoms with Crippen LogP contribution in [0, 0.1) is 0 Å². The molecule has 0 amide bonds. The SMILES string of the molecule is CCOC(=O)C(F)(F)C1CC2(CCO1)OCCO2.OCC(F)(F)C1CC2(CCO1)OCCO2. The van der Waals surface area contributed by atoms with Gasteiger partial charge in [-0.2, -0.15) is 8.78 Å². The second kappa shape index (κ2) is 10.7. The Bertz CT molecular complexity index is 651. The summed E-state index contributed by atoms with van der Waals surface area (Å²) < 4.78 is 89.7. The van der Waals surface area contributed by atoms with Crippen LogP contribution < -0.4 is 0 Å². The van der Waals surface area contributed by atoms with Crippen molar-refractivity contribution in [3.63, 3.8) is 0 Å². The van der Waals surface area contributed by atoms with Gasteiger partial charge < -0.3 is 38.3 Å². The number of aliphatic hydroxyl groups is 1. The van der Waals surface area contributed by atoms with Crippen molar-refractivity contribution < 1.29 is 60.6 Å². The monoisotopic (exact) mass is 490 g/mol. The van der Waals surface area contributed by atoms with Crippen molar-refractivity contribution in [2.24, 2.45) is 0 Å². The molecule has 0 saturated carbocycles. The van der Waals surface area contributed by atoms with Gasteiger partial charge in [0.1, 0.15) is 18.8 Å². The van der Waals surface area contributed by atoms with Gasteiger partial charge in [0.15, 0.2) is 11.6 Å². The summed E-state index contributed by atoms with van der Waals surface area (Å²) >= 11 is 0. The molecule has 0 aromatic carbocycles. The number of alkyl halides is 4. The molecule has 0 radical (unpaired) electrons. The number of rotatable bonds is 5. The highest BCUT2D eigenvalue weighted by atomic mass is 19.3. The van der Waals surface area contributed by atoms with E-state index < -0.39 is 48.2 Å². The topological polar surface area (TPSA) is 102 Å². The van der Waals surface area contributed by atoms with E-state index in [1.54, 1.807) is 0 Å². The molecule has 4 saturated heterocycles. The van der Waals surface area contributed by atoms with E-state index in [1.807, 2.05) is 0 Å². The fourth-order valence-electron chi connectivity index (χ4n) is 4.08. The van der Waals surface area contributed by atoms with Crippen molar-refractivity contribution in [1.29, 1.82) is 0 Å². The maximum absolute atomic E-state index is 13.8. The number of aliphatic hydroxyl groups excluding tert-OH is 1. The molecule has 1 N–H and O–H groups in total. The molecule has 192 valence electrons. The number of carbonyl (C=O) groups excluding carboxylic acids is 1. The first-order valence-corrected chi connectivity index (χ1v) is 10.9. The van der Waals surface area contributed by atoms with Gasteiger partial charge in [-0.1, -0.05) is 0 Å². The normalized spacial score (nSPS) is 29.0. The Balaban J connectivity index is 0.000000189. The van der Waals surface area contributed by atoms with Crippen molar-refractivity contribution in [1.82, 2.24) is 0 Å². The molecule has 4 heterocycles. The van der Waals surface area contributed by atoms with Gasteiger partial charge in [-0.15, -0.1) is 0 Å². The highest BCUT2D eigenvalue weighted by Crippen LogP contribution is 2.40. The molecule has 0 aliphatic carbocycles. The summed E-state index contributed by atoms with van der Waals surface area (Å²) in [5, 5.41) is 8.57. The summed E-state index contributed by atoms with van der Waals surface area (Å²) in [7, 11) is 0. The second-order valence-electron chi connectivity index (χ2n) is 8.10. The lowest BCUT2D eigenvalue weighted by atomic mass is 9.97. The van der Waals surface area contributed by atoms with Crippen LogP contribution in [0.1, 0.15) is 32.6 Å². The molecule has 33 heavy (non-hydrogen) atoms. The minimum atomic E-state index is -3.68. The largest absolute Gasteiger partial charge is 0.461 e. The van der Waals surface area contributed by atoms with E-state index >= 15 is 0 Å². The van der Waals surface area contributed by atoms with E-state index in [0.717, 1.165) is 0 Å². The third-order valence-corrected chi connectivity index (χ3v) is 5.86. The minimum Gasteiger partial charge on any atom is -0.461 e. The molecule has 4 rings (SSSR count). The molecule has 4 aliphatic heterocycles. The molecule has 0 aromatic rings. The standard InChI is InChI=1S/C11H16F2O5.C9H14F2O4/c1-2-15-9(14)11(12,13)8-7-10(3-4-16-8)17-5-6-18-10;10-9(11,6-12)7-5-8(1-2-13-7)14-3-4-15-8/h8H,2-7H2,1H3;7,12H,1-6H2. The summed E-state index contributed by atoms with van der Waals surface area (Å²) in [5.74, 6) is -10.4. The van der Waals surface area contributed by atoms with E-state index in [-0.39, 0.29) is 32.7 Å². The average molecular weight is 490 g/mol. The Kier molecular flexibility index (Phi) is 8.57. The average Bonchev–Trinajstić information content (AvgIpc) is 3.44. The predicted octanol–water partition coefficient (Wildman–Crippen LogP) is 1.64. The first kappa shape index (κ1) is 26.5. The van der Waals surface area contributed by atoms with Crippen LogP contribution in [0.4, 0.5) is 17.6 Å². The lowest BCUT2D eigenvalue weighted by molar-refractivity contribution is -0.262. The first-order valence-electron chi connectivity index (χ1n) is 10.9. The van der Waals surface area contributed by atoms with Gasteiger partial charge in [0.25, 0.3) is 5.92 Å². The highest BCUT2D eigenvalue weighted by Gasteiger charge is 2.56. The smallest absolute Gasteiger partial charge is 0.379 e. The van der Waals surface area contributed by atoms with Crippen molar-refractivity contribution in [3.05, 3.63) is 0 Å². The van der Waals surface area contributed by atoms with E-state index in [4.69, 9.17) is 33.5 Å².